The number of para-hydroxylation sites is 1. The van der Waals surface area contributed by atoms with E-state index in [4.69, 9.17) is 12.2 Å². The topological polar surface area (TPSA) is 51.4 Å². The molecule has 6 heteroatoms. The van der Waals surface area contributed by atoms with Crippen molar-refractivity contribution in [1.29, 1.82) is 0 Å². The minimum atomic E-state index is 0.625. The Hall–Kier alpha value is -1.95. The summed E-state index contributed by atoms with van der Waals surface area (Å²) in [6, 6.07) is 6.14. The van der Waals surface area contributed by atoms with Crippen LogP contribution < -0.4 is 0 Å². The third-order valence-corrected chi connectivity index (χ3v) is 3.42. The highest BCUT2D eigenvalue weighted by molar-refractivity contribution is 7.71. The van der Waals surface area contributed by atoms with Crippen molar-refractivity contribution >= 4 is 23.3 Å². The van der Waals surface area contributed by atoms with Crippen molar-refractivity contribution in [3.05, 3.63) is 40.7 Å². The Morgan fingerprint density at radius 1 is 1.39 bits per heavy atom. The smallest absolute Gasteiger partial charge is 0.178 e. The molecule has 18 heavy (non-hydrogen) atoms. The number of hydrogen-bond donors (Lipinski definition) is 1. The summed E-state index contributed by atoms with van der Waals surface area (Å²) in [5.74, 6) is 0.884. The summed E-state index contributed by atoms with van der Waals surface area (Å²) in [4.78, 5) is 3.22. The third kappa shape index (κ3) is 1.65. The average molecular weight is 259 g/mol. The number of rotatable bonds is 2. The Bertz CT molecular complexity index is 764. The first-order valence-corrected chi connectivity index (χ1v) is 6.08. The Morgan fingerprint density at radius 2 is 2.22 bits per heavy atom. The van der Waals surface area contributed by atoms with Gasteiger partial charge in [0.2, 0.25) is 0 Å². The molecule has 0 atom stereocenters. The standard InChI is InChI=1S/C12H13N5S/c1-8-4-3-5-9-11(8)17(12(18)14-9)6-10-15-13-7-16(10)2/h3-5,7H,6H2,1-2H3,(H,14,18). The molecule has 0 bridgehead atoms. The highest BCUT2D eigenvalue weighted by Crippen LogP contribution is 2.19. The van der Waals surface area contributed by atoms with Gasteiger partial charge in [-0.3, -0.25) is 0 Å². The molecular formula is C12H13N5S. The van der Waals surface area contributed by atoms with Gasteiger partial charge in [-0.15, -0.1) is 10.2 Å². The number of nitrogens with one attached hydrogen (secondary N) is 1. The van der Waals surface area contributed by atoms with Crippen LogP contribution in [0.15, 0.2) is 24.5 Å². The molecule has 0 aliphatic heterocycles. The number of aryl methyl sites for hydroxylation is 2. The fraction of sp³-hybridized carbons (Fsp3) is 0.250. The van der Waals surface area contributed by atoms with Gasteiger partial charge in [0.25, 0.3) is 0 Å². The molecule has 0 fully saturated rings. The normalized spacial score (nSPS) is 11.2. The van der Waals surface area contributed by atoms with Crippen LogP contribution in [-0.4, -0.2) is 24.3 Å². The SMILES string of the molecule is Cc1cccc2[nH]c(=S)n(Cc3nncn3C)c12. The van der Waals surface area contributed by atoms with E-state index in [0.717, 1.165) is 16.9 Å². The maximum atomic E-state index is 5.38. The zero-order valence-electron chi connectivity index (χ0n) is 10.2. The fourth-order valence-electron chi connectivity index (χ4n) is 2.14. The molecule has 3 rings (SSSR count). The summed E-state index contributed by atoms with van der Waals surface area (Å²) < 4.78 is 4.67. The Morgan fingerprint density at radius 3 is 2.94 bits per heavy atom. The first kappa shape index (κ1) is 11.2. The molecule has 0 saturated carbocycles. The average Bonchev–Trinajstić information content (AvgIpc) is 2.86. The van der Waals surface area contributed by atoms with Gasteiger partial charge in [0.15, 0.2) is 10.6 Å². The predicted molar refractivity (Wildman–Crippen MR) is 72.0 cm³/mol. The maximum Gasteiger partial charge on any atom is 0.178 e. The van der Waals surface area contributed by atoms with Crippen LogP contribution in [0.2, 0.25) is 0 Å². The summed E-state index contributed by atoms with van der Waals surface area (Å²) in [5, 5.41) is 7.99. The highest BCUT2D eigenvalue weighted by Gasteiger charge is 2.09. The van der Waals surface area contributed by atoms with Crippen LogP contribution in [0.1, 0.15) is 11.4 Å². The van der Waals surface area contributed by atoms with E-state index in [1.54, 1.807) is 6.33 Å². The van der Waals surface area contributed by atoms with Crippen molar-refractivity contribution in [2.24, 2.45) is 7.05 Å². The predicted octanol–water partition coefficient (Wildman–Crippen LogP) is 2.18. The quantitative estimate of drug-likeness (QED) is 0.718. The van der Waals surface area contributed by atoms with Gasteiger partial charge >= 0.3 is 0 Å². The van der Waals surface area contributed by atoms with Gasteiger partial charge in [0.05, 0.1) is 17.6 Å². The molecule has 3 aromatic rings. The van der Waals surface area contributed by atoms with Crippen LogP contribution >= 0.6 is 12.2 Å². The van der Waals surface area contributed by atoms with E-state index >= 15 is 0 Å². The summed E-state index contributed by atoms with van der Waals surface area (Å²) in [6.45, 7) is 2.71. The van der Waals surface area contributed by atoms with E-state index in [2.05, 4.69) is 32.7 Å². The summed E-state index contributed by atoms with van der Waals surface area (Å²) in [7, 11) is 1.93. The van der Waals surface area contributed by atoms with Gasteiger partial charge in [0, 0.05) is 7.05 Å². The number of benzene rings is 1. The molecule has 1 N–H and O–H groups in total. The lowest BCUT2D eigenvalue weighted by molar-refractivity contribution is 0.704. The minimum Gasteiger partial charge on any atom is -0.331 e. The zero-order valence-corrected chi connectivity index (χ0v) is 11.0. The number of nitrogens with zero attached hydrogens (tertiary/aromatic N) is 4. The number of aromatic amines is 1. The van der Waals surface area contributed by atoms with Crippen LogP contribution in [0.3, 0.4) is 0 Å². The van der Waals surface area contributed by atoms with Gasteiger partial charge in [-0.25, -0.2) is 0 Å². The monoisotopic (exact) mass is 259 g/mol. The van der Waals surface area contributed by atoms with Crippen LogP contribution in [0.5, 0.6) is 0 Å². The van der Waals surface area contributed by atoms with E-state index in [-0.39, 0.29) is 0 Å². The Kier molecular flexibility index (Phi) is 2.52. The molecule has 2 aromatic heterocycles. The van der Waals surface area contributed by atoms with Crippen molar-refractivity contribution in [1.82, 2.24) is 24.3 Å². The van der Waals surface area contributed by atoms with E-state index in [9.17, 15) is 0 Å². The molecule has 0 aliphatic carbocycles. The van der Waals surface area contributed by atoms with Crippen molar-refractivity contribution in [3.63, 3.8) is 0 Å². The molecule has 92 valence electrons. The second-order valence-electron chi connectivity index (χ2n) is 4.35. The lowest BCUT2D eigenvalue weighted by Gasteiger charge is -2.05. The van der Waals surface area contributed by atoms with Crippen molar-refractivity contribution in [3.8, 4) is 0 Å². The van der Waals surface area contributed by atoms with Gasteiger partial charge in [-0.2, -0.15) is 0 Å². The van der Waals surface area contributed by atoms with E-state index in [0.29, 0.717) is 11.3 Å². The van der Waals surface area contributed by atoms with E-state index in [1.807, 2.05) is 23.7 Å². The summed E-state index contributed by atoms with van der Waals surface area (Å²) >= 11 is 5.38. The van der Waals surface area contributed by atoms with Crippen LogP contribution in [-0.2, 0) is 13.6 Å². The van der Waals surface area contributed by atoms with Crippen LogP contribution in [0, 0.1) is 11.7 Å². The highest BCUT2D eigenvalue weighted by atomic mass is 32.1. The van der Waals surface area contributed by atoms with Gasteiger partial charge in [-0.1, -0.05) is 12.1 Å². The molecule has 0 saturated heterocycles. The number of hydrogen-bond acceptors (Lipinski definition) is 3. The number of H-pyrrole nitrogens is 1. The molecule has 5 nitrogen and oxygen atoms in total. The minimum absolute atomic E-state index is 0.625. The van der Waals surface area contributed by atoms with Crippen molar-refractivity contribution in [2.45, 2.75) is 13.5 Å². The number of aromatic nitrogens is 5. The van der Waals surface area contributed by atoms with Gasteiger partial charge < -0.3 is 14.1 Å². The lowest BCUT2D eigenvalue weighted by Crippen LogP contribution is -2.06. The summed E-state index contributed by atoms with van der Waals surface area (Å²) in [5.41, 5.74) is 3.38. The molecule has 0 radical (unpaired) electrons. The third-order valence-electron chi connectivity index (χ3n) is 3.10. The van der Waals surface area contributed by atoms with Crippen LogP contribution in [0.4, 0.5) is 0 Å². The van der Waals surface area contributed by atoms with Crippen LogP contribution in [0.25, 0.3) is 11.0 Å². The van der Waals surface area contributed by atoms with E-state index < -0.39 is 0 Å². The molecule has 0 aliphatic rings. The van der Waals surface area contributed by atoms with Crippen molar-refractivity contribution in [2.75, 3.05) is 0 Å². The molecule has 0 amide bonds. The van der Waals surface area contributed by atoms with E-state index in [1.165, 1.54) is 5.56 Å². The molecule has 0 unspecified atom stereocenters. The zero-order chi connectivity index (χ0) is 12.7. The second kappa shape index (κ2) is 4.06. The Labute approximate surface area is 109 Å². The summed E-state index contributed by atoms with van der Waals surface area (Å²) in [6.07, 6.45) is 1.70. The molecule has 1 aromatic carbocycles. The lowest BCUT2D eigenvalue weighted by atomic mass is 10.2. The number of fused-ring (bicyclic) bond motifs is 1. The van der Waals surface area contributed by atoms with Gasteiger partial charge in [-0.05, 0) is 30.8 Å². The maximum absolute atomic E-state index is 5.38. The van der Waals surface area contributed by atoms with Crippen molar-refractivity contribution < 1.29 is 0 Å². The first-order valence-electron chi connectivity index (χ1n) is 5.68. The first-order chi connectivity index (χ1) is 8.66. The fourth-order valence-corrected chi connectivity index (χ4v) is 2.41. The molecular weight excluding hydrogens is 246 g/mol. The largest absolute Gasteiger partial charge is 0.331 e. The second-order valence-corrected chi connectivity index (χ2v) is 4.73. The molecule has 2 heterocycles. The number of imidazole rings is 1. The molecule has 0 spiro atoms. The van der Waals surface area contributed by atoms with Gasteiger partial charge in [0.1, 0.15) is 6.33 Å². The Balaban J connectivity index is 2.20.